The Morgan fingerprint density at radius 3 is 2.64 bits per heavy atom. The SMILES string of the molecule is Cc1cccc(CC(=O)N2CCC(C(=O)Nc3cc(C)on3)CC2)c1. The number of piperidine rings is 1. The number of amides is 2. The normalized spacial score (nSPS) is 15.2. The van der Waals surface area contributed by atoms with Gasteiger partial charge in [-0.2, -0.15) is 0 Å². The third kappa shape index (κ3) is 4.47. The maximum absolute atomic E-state index is 12.5. The highest BCUT2D eigenvalue weighted by molar-refractivity contribution is 5.91. The molecular formula is C19H23N3O3. The molecule has 0 saturated carbocycles. The van der Waals surface area contributed by atoms with Gasteiger partial charge in [0, 0.05) is 25.1 Å². The molecule has 0 spiro atoms. The van der Waals surface area contributed by atoms with E-state index >= 15 is 0 Å². The summed E-state index contributed by atoms with van der Waals surface area (Å²) in [7, 11) is 0. The van der Waals surface area contributed by atoms with Gasteiger partial charge in [0.05, 0.1) is 6.42 Å². The average molecular weight is 341 g/mol. The van der Waals surface area contributed by atoms with E-state index in [2.05, 4.69) is 10.5 Å². The van der Waals surface area contributed by atoms with E-state index < -0.39 is 0 Å². The van der Waals surface area contributed by atoms with E-state index in [1.54, 1.807) is 13.0 Å². The molecule has 1 aliphatic rings. The van der Waals surface area contributed by atoms with Crippen LogP contribution in [-0.4, -0.2) is 35.0 Å². The molecule has 6 heteroatoms. The van der Waals surface area contributed by atoms with Crippen LogP contribution in [-0.2, 0) is 16.0 Å². The first-order chi connectivity index (χ1) is 12.0. The van der Waals surface area contributed by atoms with E-state index in [1.165, 1.54) is 0 Å². The summed E-state index contributed by atoms with van der Waals surface area (Å²) in [4.78, 5) is 26.6. The van der Waals surface area contributed by atoms with Gasteiger partial charge in [-0.05, 0) is 32.3 Å². The summed E-state index contributed by atoms with van der Waals surface area (Å²) in [5.74, 6) is 1.07. The lowest BCUT2D eigenvalue weighted by Crippen LogP contribution is -2.42. The summed E-state index contributed by atoms with van der Waals surface area (Å²) >= 11 is 0. The third-order valence-corrected chi connectivity index (χ3v) is 4.54. The van der Waals surface area contributed by atoms with E-state index in [4.69, 9.17) is 4.52 Å². The van der Waals surface area contributed by atoms with Crippen molar-refractivity contribution >= 4 is 17.6 Å². The van der Waals surface area contributed by atoms with Crippen LogP contribution in [0.2, 0.25) is 0 Å². The molecule has 1 aromatic carbocycles. The maximum atomic E-state index is 12.5. The van der Waals surface area contributed by atoms with Gasteiger partial charge in [0.1, 0.15) is 5.76 Å². The summed E-state index contributed by atoms with van der Waals surface area (Å²) in [6.45, 7) is 5.02. The van der Waals surface area contributed by atoms with Crippen LogP contribution in [0.25, 0.3) is 0 Å². The van der Waals surface area contributed by atoms with E-state index in [9.17, 15) is 9.59 Å². The fourth-order valence-electron chi connectivity index (χ4n) is 3.15. The van der Waals surface area contributed by atoms with Gasteiger partial charge in [0.2, 0.25) is 11.8 Å². The molecule has 0 radical (unpaired) electrons. The molecule has 3 rings (SSSR count). The number of nitrogens with one attached hydrogen (secondary N) is 1. The topological polar surface area (TPSA) is 75.4 Å². The molecule has 0 unspecified atom stereocenters. The molecule has 0 bridgehead atoms. The van der Waals surface area contributed by atoms with Crippen molar-refractivity contribution < 1.29 is 14.1 Å². The zero-order valence-electron chi connectivity index (χ0n) is 14.6. The van der Waals surface area contributed by atoms with Gasteiger partial charge in [0.15, 0.2) is 5.82 Å². The van der Waals surface area contributed by atoms with Crippen molar-refractivity contribution in [1.82, 2.24) is 10.1 Å². The number of aryl methyl sites for hydroxylation is 2. The second-order valence-corrected chi connectivity index (χ2v) is 6.63. The number of anilines is 1. The second-order valence-electron chi connectivity index (χ2n) is 6.63. The smallest absolute Gasteiger partial charge is 0.228 e. The fourth-order valence-corrected chi connectivity index (χ4v) is 3.15. The molecule has 25 heavy (non-hydrogen) atoms. The molecule has 2 aromatic rings. The van der Waals surface area contributed by atoms with Crippen molar-refractivity contribution in [1.29, 1.82) is 0 Å². The lowest BCUT2D eigenvalue weighted by atomic mass is 9.95. The average Bonchev–Trinajstić information content (AvgIpc) is 3.00. The van der Waals surface area contributed by atoms with Crippen LogP contribution in [0.15, 0.2) is 34.9 Å². The summed E-state index contributed by atoms with van der Waals surface area (Å²) in [5, 5.41) is 6.55. The molecule has 1 saturated heterocycles. The molecule has 6 nitrogen and oxygen atoms in total. The number of rotatable bonds is 4. The Morgan fingerprint density at radius 2 is 2.00 bits per heavy atom. The first-order valence-electron chi connectivity index (χ1n) is 8.59. The van der Waals surface area contributed by atoms with Crippen molar-refractivity contribution in [2.45, 2.75) is 33.1 Å². The zero-order chi connectivity index (χ0) is 17.8. The third-order valence-electron chi connectivity index (χ3n) is 4.54. The monoisotopic (exact) mass is 341 g/mol. The number of hydrogen-bond acceptors (Lipinski definition) is 4. The van der Waals surface area contributed by atoms with E-state index in [0.29, 0.717) is 43.9 Å². The molecular weight excluding hydrogens is 318 g/mol. The molecule has 0 aliphatic carbocycles. The molecule has 1 fully saturated rings. The van der Waals surface area contributed by atoms with Gasteiger partial charge in [-0.1, -0.05) is 35.0 Å². The predicted octanol–water partition coefficient (Wildman–Crippen LogP) is 2.71. The Labute approximate surface area is 147 Å². The number of hydrogen-bond donors (Lipinski definition) is 1. The Morgan fingerprint density at radius 1 is 1.24 bits per heavy atom. The van der Waals surface area contributed by atoms with Crippen molar-refractivity contribution in [3.63, 3.8) is 0 Å². The first kappa shape index (κ1) is 17.2. The predicted molar refractivity (Wildman–Crippen MR) is 94.1 cm³/mol. The molecule has 2 heterocycles. The quantitative estimate of drug-likeness (QED) is 0.928. The van der Waals surface area contributed by atoms with Crippen LogP contribution in [0.3, 0.4) is 0 Å². The van der Waals surface area contributed by atoms with Gasteiger partial charge in [-0.3, -0.25) is 9.59 Å². The Kier molecular flexibility index (Phi) is 5.16. The lowest BCUT2D eigenvalue weighted by molar-refractivity contribution is -0.133. The number of aromatic nitrogens is 1. The number of carbonyl (C=O) groups is 2. The number of carbonyl (C=O) groups excluding carboxylic acids is 2. The molecule has 132 valence electrons. The molecule has 1 N–H and O–H groups in total. The summed E-state index contributed by atoms with van der Waals surface area (Å²) in [6.07, 6.45) is 1.75. The van der Waals surface area contributed by atoms with E-state index in [-0.39, 0.29) is 17.7 Å². The Hall–Kier alpha value is -2.63. The minimum absolute atomic E-state index is 0.0564. The standard InChI is InChI=1S/C19H23N3O3/c1-13-4-3-5-15(10-13)12-18(23)22-8-6-16(7-9-22)19(24)20-17-11-14(2)25-21-17/h3-5,10-11,16H,6-9,12H2,1-2H3,(H,20,21,24). The highest BCUT2D eigenvalue weighted by Crippen LogP contribution is 2.20. The molecule has 0 atom stereocenters. The molecule has 2 amide bonds. The second kappa shape index (κ2) is 7.51. The number of benzene rings is 1. The van der Waals surface area contributed by atoms with Crippen LogP contribution in [0.5, 0.6) is 0 Å². The van der Waals surface area contributed by atoms with Crippen molar-refractivity contribution in [3.8, 4) is 0 Å². The van der Waals surface area contributed by atoms with Gasteiger partial charge in [0.25, 0.3) is 0 Å². The molecule has 1 aromatic heterocycles. The number of likely N-dealkylation sites (tertiary alicyclic amines) is 1. The largest absolute Gasteiger partial charge is 0.360 e. The summed E-state index contributed by atoms with van der Waals surface area (Å²) < 4.78 is 4.95. The lowest BCUT2D eigenvalue weighted by Gasteiger charge is -2.31. The van der Waals surface area contributed by atoms with Gasteiger partial charge in [-0.25, -0.2) is 0 Å². The van der Waals surface area contributed by atoms with Crippen LogP contribution >= 0.6 is 0 Å². The van der Waals surface area contributed by atoms with Crippen molar-refractivity contribution in [2.24, 2.45) is 5.92 Å². The van der Waals surface area contributed by atoms with Crippen LogP contribution < -0.4 is 5.32 Å². The highest BCUT2D eigenvalue weighted by atomic mass is 16.5. The molecule has 1 aliphatic heterocycles. The first-order valence-corrected chi connectivity index (χ1v) is 8.59. The maximum Gasteiger partial charge on any atom is 0.228 e. The van der Waals surface area contributed by atoms with Crippen LogP contribution in [0.4, 0.5) is 5.82 Å². The Bertz CT molecular complexity index is 761. The highest BCUT2D eigenvalue weighted by Gasteiger charge is 2.27. The van der Waals surface area contributed by atoms with Crippen molar-refractivity contribution in [2.75, 3.05) is 18.4 Å². The van der Waals surface area contributed by atoms with Gasteiger partial charge in [-0.15, -0.1) is 0 Å². The zero-order valence-corrected chi connectivity index (χ0v) is 14.6. The number of nitrogens with zero attached hydrogens (tertiary/aromatic N) is 2. The van der Waals surface area contributed by atoms with Gasteiger partial charge >= 0.3 is 0 Å². The minimum Gasteiger partial charge on any atom is -0.360 e. The fraction of sp³-hybridized carbons (Fsp3) is 0.421. The van der Waals surface area contributed by atoms with E-state index in [0.717, 1.165) is 11.1 Å². The van der Waals surface area contributed by atoms with E-state index in [1.807, 2.05) is 36.1 Å². The van der Waals surface area contributed by atoms with Crippen LogP contribution in [0.1, 0.15) is 29.7 Å². The Balaban J connectivity index is 1.49. The summed E-state index contributed by atoms with van der Waals surface area (Å²) in [5.41, 5.74) is 2.19. The van der Waals surface area contributed by atoms with Gasteiger partial charge < -0.3 is 14.7 Å². The van der Waals surface area contributed by atoms with Crippen LogP contribution in [0, 0.1) is 19.8 Å². The minimum atomic E-state index is -0.0972. The summed E-state index contributed by atoms with van der Waals surface area (Å²) in [6, 6.07) is 9.70. The van der Waals surface area contributed by atoms with Crippen molar-refractivity contribution in [3.05, 3.63) is 47.2 Å².